The third-order valence-corrected chi connectivity index (χ3v) is 3.72. The van der Waals surface area contributed by atoms with E-state index in [4.69, 9.17) is 9.47 Å². The van der Waals surface area contributed by atoms with Crippen molar-refractivity contribution in [3.05, 3.63) is 23.8 Å². The Bertz CT molecular complexity index is 505. The van der Waals surface area contributed by atoms with Gasteiger partial charge in [0.05, 0.1) is 14.2 Å². The van der Waals surface area contributed by atoms with Crippen LogP contribution in [0.25, 0.3) is 0 Å². The van der Waals surface area contributed by atoms with E-state index >= 15 is 0 Å². The van der Waals surface area contributed by atoms with Crippen molar-refractivity contribution < 1.29 is 9.47 Å². The van der Waals surface area contributed by atoms with Crippen LogP contribution in [0.15, 0.2) is 23.2 Å². The third-order valence-electron chi connectivity index (χ3n) is 3.72. The summed E-state index contributed by atoms with van der Waals surface area (Å²) in [6.07, 6.45) is 3.50. The van der Waals surface area contributed by atoms with E-state index in [0.717, 1.165) is 55.0 Å². The van der Waals surface area contributed by atoms with Gasteiger partial charge in [-0.25, -0.2) is 0 Å². The second kappa shape index (κ2) is 10.6. The van der Waals surface area contributed by atoms with E-state index in [-0.39, 0.29) is 24.0 Å². The van der Waals surface area contributed by atoms with Crippen molar-refractivity contribution in [2.45, 2.75) is 26.2 Å². The molecule has 130 valence electrons. The molecule has 0 radical (unpaired) electrons. The van der Waals surface area contributed by atoms with E-state index in [2.05, 4.69) is 22.5 Å². The van der Waals surface area contributed by atoms with Gasteiger partial charge in [0.25, 0.3) is 0 Å². The minimum Gasteiger partial charge on any atom is -0.497 e. The molecule has 0 aromatic heterocycles. The molecule has 1 aliphatic rings. The molecule has 0 amide bonds. The largest absolute Gasteiger partial charge is 0.497 e. The average Bonchev–Trinajstić information content (AvgIpc) is 3.36. The maximum atomic E-state index is 5.41. The van der Waals surface area contributed by atoms with Crippen LogP contribution in [-0.4, -0.2) is 39.8 Å². The zero-order valence-electron chi connectivity index (χ0n) is 14.2. The Balaban J connectivity index is 0.00000264. The first-order valence-electron chi connectivity index (χ1n) is 8.00. The van der Waals surface area contributed by atoms with Crippen molar-refractivity contribution in [1.29, 1.82) is 0 Å². The summed E-state index contributed by atoms with van der Waals surface area (Å²) in [5.74, 6) is 3.44. The van der Waals surface area contributed by atoms with Gasteiger partial charge >= 0.3 is 0 Å². The number of hydrogen-bond acceptors (Lipinski definition) is 3. The van der Waals surface area contributed by atoms with Gasteiger partial charge in [0.2, 0.25) is 0 Å². The van der Waals surface area contributed by atoms with Gasteiger partial charge in [-0.1, -0.05) is 0 Å². The summed E-state index contributed by atoms with van der Waals surface area (Å²) in [6.45, 7) is 4.69. The lowest BCUT2D eigenvalue weighted by Gasteiger charge is -2.13. The Morgan fingerprint density at radius 3 is 2.61 bits per heavy atom. The monoisotopic (exact) mass is 433 g/mol. The molecule has 1 aromatic carbocycles. The number of methoxy groups -OCH3 is 2. The Morgan fingerprint density at radius 2 is 2.00 bits per heavy atom. The summed E-state index contributed by atoms with van der Waals surface area (Å²) >= 11 is 0. The van der Waals surface area contributed by atoms with E-state index in [1.165, 1.54) is 12.8 Å². The van der Waals surface area contributed by atoms with Crippen molar-refractivity contribution in [2.75, 3.05) is 33.9 Å². The Labute approximate surface area is 156 Å². The molecule has 6 heteroatoms. The van der Waals surface area contributed by atoms with Crippen molar-refractivity contribution >= 4 is 29.9 Å². The molecule has 0 atom stereocenters. The Morgan fingerprint density at radius 1 is 1.22 bits per heavy atom. The van der Waals surface area contributed by atoms with Crippen LogP contribution in [-0.2, 0) is 6.42 Å². The number of nitrogens with zero attached hydrogens (tertiary/aromatic N) is 1. The molecule has 1 aliphatic carbocycles. The van der Waals surface area contributed by atoms with Crippen molar-refractivity contribution in [3.63, 3.8) is 0 Å². The maximum absolute atomic E-state index is 5.41. The van der Waals surface area contributed by atoms with Gasteiger partial charge < -0.3 is 20.1 Å². The first-order valence-corrected chi connectivity index (χ1v) is 8.00. The molecule has 1 aromatic rings. The molecule has 2 N–H and O–H groups in total. The SMILES string of the molecule is CCNC(=NCC1CC1)NCCc1cc(OC)ccc1OC.I. The number of guanidine groups is 1. The minimum atomic E-state index is 0. The topological polar surface area (TPSA) is 54.9 Å². The highest BCUT2D eigenvalue weighted by Crippen LogP contribution is 2.28. The molecule has 0 aliphatic heterocycles. The number of benzene rings is 1. The lowest BCUT2D eigenvalue weighted by Crippen LogP contribution is -2.38. The third kappa shape index (κ3) is 6.85. The van der Waals surface area contributed by atoms with E-state index < -0.39 is 0 Å². The normalized spacial score (nSPS) is 14.0. The Kier molecular flexibility index (Phi) is 9.13. The molecular weight excluding hydrogens is 405 g/mol. The van der Waals surface area contributed by atoms with Gasteiger partial charge in [-0.15, -0.1) is 24.0 Å². The van der Waals surface area contributed by atoms with E-state index in [1.54, 1.807) is 14.2 Å². The van der Waals surface area contributed by atoms with Crippen molar-refractivity contribution in [3.8, 4) is 11.5 Å². The molecule has 23 heavy (non-hydrogen) atoms. The molecule has 0 bridgehead atoms. The van der Waals surface area contributed by atoms with E-state index in [9.17, 15) is 0 Å². The van der Waals surface area contributed by atoms with Crippen LogP contribution < -0.4 is 20.1 Å². The van der Waals surface area contributed by atoms with Crippen molar-refractivity contribution in [1.82, 2.24) is 10.6 Å². The van der Waals surface area contributed by atoms with Crippen LogP contribution in [0.5, 0.6) is 11.5 Å². The number of rotatable bonds is 8. The van der Waals surface area contributed by atoms with Crippen LogP contribution in [0.4, 0.5) is 0 Å². The van der Waals surface area contributed by atoms with Crippen LogP contribution in [0, 0.1) is 5.92 Å². The fourth-order valence-corrected chi connectivity index (χ4v) is 2.26. The fraction of sp³-hybridized carbons (Fsp3) is 0.588. The molecule has 1 saturated carbocycles. The Hall–Kier alpha value is -1.18. The van der Waals surface area contributed by atoms with Crippen LogP contribution in [0.3, 0.4) is 0 Å². The molecule has 5 nitrogen and oxygen atoms in total. The molecule has 0 heterocycles. The number of ether oxygens (including phenoxy) is 2. The lowest BCUT2D eigenvalue weighted by atomic mass is 10.1. The first kappa shape index (κ1) is 19.9. The second-order valence-corrected chi connectivity index (χ2v) is 5.52. The minimum absolute atomic E-state index is 0. The number of hydrogen-bond donors (Lipinski definition) is 2. The quantitative estimate of drug-likeness (QED) is 0.376. The zero-order chi connectivity index (χ0) is 15.8. The fourth-order valence-electron chi connectivity index (χ4n) is 2.26. The number of nitrogens with one attached hydrogen (secondary N) is 2. The standard InChI is InChI=1S/C17H27N3O2.HI/c1-4-18-17(20-12-13-5-6-13)19-10-9-14-11-15(21-2)7-8-16(14)22-3;/h7-8,11,13H,4-6,9-10,12H2,1-3H3,(H2,18,19,20);1H. The van der Waals surface area contributed by atoms with E-state index in [1.807, 2.05) is 18.2 Å². The van der Waals surface area contributed by atoms with Crippen LogP contribution in [0.2, 0.25) is 0 Å². The predicted molar refractivity (Wildman–Crippen MR) is 105 cm³/mol. The second-order valence-electron chi connectivity index (χ2n) is 5.52. The predicted octanol–water partition coefficient (Wildman–Crippen LogP) is 2.83. The summed E-state index contributed by atoms with van der Waals surface area (Å²) in [5.41, 5.74) is 1.13. The zero-order valence-corrected chi connectivity index (χ0v) is 16.6. The summed E-state index contributed by atoms with van der Waals surface area (Å²) < 4.78 is 10.7. The average molecular weight is 433 g/mol. The number of aliphatic imine (C=N–C) groups is 1. The van der Waals surface area contributed by atoms with Gasteiger partial charge in [0.1, 0.15) is 11.5 Å². The van der Waals surface area contributed by atoms with Gasteiger partial charge in [0, 0.05) is 19.6 Å². The maximum Gasteiger partial charge on any atom is 0.191 e. The van der Waals surface area contributed by atoms with Gasteiger partial charge in [-0.3, -0.25) is 4.99 Å². The molecule has 0 saturated heterocycles. The van der Waals surface area contributed by atoms with Gasteiger partial charge in [0.15, 0.2) is 5.96 Å². The highest BCUT2D eigenvalue weighted by Gasteiger charge is 2.20. The summed E-state index contributed by atoms with van der Waals surface area (Å²) in [5, 5.41) is 6.67. The summed E-state index contributed by atoms with van der Waals surface area (Å²) in [4.78, 5) is 4.62. The van der Waals surface area contributed by atoms with Crippen LogP contribution in [0.1, 0.15) is 25.3 Å². The number of halogens is 1. The highest BCUT2D eigenvalue weighted by molar-refractivity contribution is 14.0. The van der Waals surface area contributed by atoms with E-state index in [0.29, 0.717) is 0 Å². The first-order chi connectivity index (χ1) is 10.8. The van der Waals surface area contributed by atoms with Crippen LogP contribution >= 0.6 is 24.0 Å². The molecule has 1 fully saturated rings. The highest BCUT2D eigenvalue weighted by atomic mass is 127. The van der Waals surface area contributed by atoms with Gasteiger partial charge in [-0.05, 0) is 55.9 Å². The van der Waals surface area contributed by atoms with Gasteiger partial charge in [-0.2, -0.15) is 0 Å². The molecule has 2 rings (SSSR count). The molecule has 0 unspecified atom stereocenters. The molecule has 0 spiro atoms. The summed E-state index contributed by atoms with van der Waals surface area (Å²) in [7, 11) is 3.37. The smallest absolute Gasteiger partial charge is 0.191 e. The van der Waals surface area contributed by atoms with Crippen molar-refractivity contribution in [2.24, 2.45) is 10.9 Å². The lowest BCUT2D eigenvalue weighted by molar-refractivity contribution is 0.398. The molecular formula is C17H28IN3O2. The summed E-state index contributed by atoms with van der Waals surface area (Å²) in [6, 6.07) is 5.88.